The number of urea groups is 1. The Labute approximate surface area is 96.8 Å². The zero-order valence-electron chi connectivity index (χ0n) is 8.71. The van der Waals surface area contributed by atoms with Crippen LogP contribution < -0.4 is 16.8 Å². The SMILES string of the molecule is NC(=O)NC(=O)c1c(N)sc2c1CCCC2. The highest BCUT2D eigenvalue weighted by molar-refractivity contribution is 7.16. The van der Waals surface area contributed by atoms with Crippen LogP contribution in [0.4, 0.5) is 9.80 Å². The van der Waals surface area contributed by atoms with Gasteiger partial charge >= 0.3 is 6.03 Å². The molecule has 16 heavy (non-hydrogen) atoms. The number of primary amides is 1. The van der Waals surface area contributed by atoms with Crippen LogP contribution in [0.25, 0.3) is 0 Å². The van der Waals surface area contributed by atoms with Crippen LogP contribution in [0.15, 0.2) is 0 Å². The van der Waals surface area contributed by atoms with Crippen LogP contribution in [0.5, 0.6) is 0 Å². The second-order valence-corrected chi connectivity index (χ2v) is 4.91. The highest BCUT2D eigenvalue weighted by atomic mass is 32.1. The number of aryl methyl sites for hydroxylation is 1. The van der Waals surface area contributed by atoms with Gasteiger partial charge in [-0.05, 0) is 31.2 Å². The maximum atomic E-state index is 11.7. The molecule has 0 aliphatic heterocycles. The molecule has 1 aromatic rings. The zero-order valence-corrected chi connectivity index (χ0v) is 9.52. The fourth-order valence-electron chi connectivity index (χ4n) is 2.01. The van der Waals surface area contributed by atoms with E-state index >= 15 is 0 Å². The molecule has 1 aliphatic rings. The van der Waals surface area contributed by atoms with E-state index in [4.69, 9.17) is 11.5 Å². The lowest BCUT2D eigenvalue weighted by Crippen LogP contribution is -2.35. The van der Waals surface area contributed by atoms with E-state index in [1.165, 1.54) is 16.2 Å². The molecule has 0 bridgehead atoms. The normalized spacial score (nSPS) is 14.2. The van der Waals surface area contributed by atoms with Crippen LogP contribution in [0.3, 0.4) is 0 Å². The van der Waals surface area contributed by atoms with Gasteiger partial charge < -0.3 is 11.5 Å². The second-order valence-electron chi connectivity index (χ2n) is 3.77. The van der Waals surface area contributed by atoms with Crippen LogP contribution >= 0.6 is 11.3 Å². The summed E-state index contributed by atoms with van der Waals surface area (Å²) < 4.78 is 0. The molecule has 0 atom stereocenters. The minimum absolute atomic E-state index is 0.443. The van der Waals surface area contributed by atoms with Crippen LogP contribution in [0, 0.1) is 0 Å². The average molecular weight is 239 g/mol. The van der Waals surface area contributed by atoms with Crippen molar-refractivity contribution < 1.29 is 9.59 Å². The third-order valence-electron chi connectivity index (χ3n) is 2.66. The van der Waals surface area contributed by atoms with Gasteiger partial charge in [0.15, 0.2) is 0 Å². The zero-order chi connectivity index (χ0) is 11.7. The summed E-state index contributed by atoms with van der Waals surface area (Å²) in [6.07, 6.45) is 4.00. The van der Waals surface area contributed by atoms with E-state index in [-0.39, 0.29) is 0 Å². The summed E-state index contributed by atoms with van der Waals surface area (Å²) in [4.78, 5) is 23.5. The number of fused-ring (bicyclic) bond motifs is 1. The first-order valence-electron chi connectivity index (χ1n) is 5.10. The Balaban J connectivity index is 2.36. The van der Waals surface area contributed by atoms with Crippen molar-refractivity contribution in [2.24, 2.45) is 5.73 Å². The van der Waals surface area contributed by atoms with Gasteiger partial charge in [-0.2, -0.15) is 0 Å². The molecule has 0 saturated heterocycles. The quantitative estimate of drug-likeness (QED) is 0.682. The molecule has 1 heterocycles. The van der Waals surface area contributed by atoms with E-state index in [2.05, 4.69) is 5.32 Å². The minimum atomic E-state index is -0.847. The highest BCUT2D eigenvalue weighted by Crippen LogP contribution is 2.36. The maximum Gasteiger partial charge on any atom is 0.319 e. The molecule has 0 radical (unpaired) electrons. The summed E-state index contributed by atoms with van der Waals surface area (Å²) in [5.74, 6) is -0.482. The molecular weight excluding hydrogens is 226 g/mol. The molecule has 6 heteroatoms. The summed E-state index contributed by atoms with van der Waals surface area (Å²) in [5.41, 5.74) is 12.2. The van der Waals surface area contributed by atoms with E-state index < -0.39 is 11.9 Å². The van der Waals surface area contributed by atoms with Crippen LogP contribution in [-0.4, -0.2) is 11.9 Å². The molecule has 0 saturated carbocycles. The smallest absolute Gasteiger partial charge is 0.319 e. The largest absolute Gasteiger partial charge is 0.390 e. The summed E-state index contributed by atoms with van der Waals surface area (Å²) in [6.45, 7) is 0. The minimum Gasteiger partial charge on any atom is -0.390 e. The van der Waals surface area contributed by atoms with Gasteiger partial charge in [0.1, 0.15) is 0 Å². The van der Waals surface area contributed by atoms with Crippen molar-refractivity contribution >= 4 is 28.3 Å². The Morgan fingerprint density at radius 3 is 2.62 bits per heavy atom. The summed E-state index contributed by atoms with van der Waals surface area (Å²) in [7, 11) is 0. The van der Waals surface area contributed by atoms with E-state index in [1.54, 1.807) is 0 Å². The number of hydrogen-bond donors (Lipinski definition) is 3. The predicted octanol–water partition coefficient (Wildman–Crippen LogP) is 1.02. The Morgan fingerprint density at radius 2 is 1.94 bits per heavy atom. The summed E-state index contributed by atoms with van der Waals surface area (Å²) in [6, 6.07) is -0.847. The van der Waals surface area contributed by atoms with Crippen molar-refractivity contribution in [3.05, 3.63) is 16.0 Å². The van der Waals surface area contributed by atoms with Gasteiger partial charge in [-0.25, -0.2) is 4.79 Å². The van der Waals surface area contributed by atoms with Gasteiger partial charge in [-0.3, -0.25) is 10.1 Å². The van der Waals surface area contributed by atoms with Crippen LogP contribution in [-0.2, 0) is 12.8 Å². The van der Waals surface area contributed by atoms with Gasteiger partial charge in [0.05, 0.1) is 10.6 Å². The predicted molar refractivity (Wildman–Crippen MR) is 62.4 cm³/mol. The molecule has 5 N–H and O–H groups in total. The van der Waals surface area contributed by atoms with Gasteiger partial charge in [0, 0.05) is 4.88 Å². The molecule has 1 aliphatic carbocycles. The topological polar surface area (TPSA) is 98.2 Å². The fourth-order valence-corrected chi connectivity index (χ4v) is 3.17. The number of hydrogen-bond acceptors (Lipinski definition) is 4. The Hall–Kier alpha value is -1.56. The monoisotopic (exact) mass is 239 g/mol. The number of imide groups is 1. The molecule has 0 aromatic carbocycles. The average Bonchev–Trinajstić information content (AvgIpc) is 2.52. The molecule has 2 rings (SSSR count). The standard InChI is InChI=1S/C10H13N3O2S/c11-8-7(9(14)13-10(12)15)5-3-1-2-4-6(5)16-8/h1-4,11H2,(H3,12,13,14,15). The summed E-state index contributed by atoms with van der Waals surface area (Å²) in [5, 5.41) is 2.54. The lowest BCUT2D eigenvalue weighted by molar-refractivity contribution is 0.0966. The Morgan fingerprint density at radius 1 is 1.25 bits per heavy atom. The van der Waals surface area contributed by atoms with Crippen molar-refractivity contribution in [1.82, 2.24) is 5.32 Å². The molecule has 86 valence electrons. The first kappa shape index (κ1) is 10.9. The third-order valence-corrected chi connectivity index (χ3v) is 3.78. The maximum absolute atomic E-state index is 11.7. The van der Waals surface area contributed by atoms with Crippen molar-refractivity contribution in [3.63, 3.8) is 0 Å². The van der Waals surface area contributed by atoms with E-state index in [1.807, 2.05) is 0 Å². The number of amides is 3. The number of nitrogens with two attached hydrogens (primary N) is 2. The van der Waals surface area contributed by atoms with E-state index in [0.717, 1.165) is 31.2 Å². The Kier molecular flexibility index (Phi) is 2.82. The summed E-state index contributed by atoms with van der Waals surface area (Å²) >= 11 is 1.44. The fraction of sp³-hybridized carbons (Fsp3) is 0.400. The Bertz CT molecular complexity index is 453. The van der Waals surface area contributed by atoms with E-state index in [0.29, 0.717) is 10.6 Å². The molecule has 0 unspecified atom stereocenters. The molecule has 1 aromatic heterocycles. The third kappa shape index (κ3) is 1.88. The molecule has 3 amide bonds. The van der Waals surface area contributed by atoms with Crippen LogP contribution in [0.1, 0.15) is 33.6 Å². The lowest BCUT2D eigenvalue weighted by Gasteiger charge is -2.11. The molecular formula is C10H13N3O2S. The van der Waals surface area contributed by atoms with Crippen LogP contribution in [0.2, 0.25) is 0 Å². The van der Waals surface area contributed by atoms with E-state index in [9.17, 15) is 9.59 Å². The highest BCUT2D eigenvalue weighted by Gasteiger charge is 2.24. The van der Waals surface area contributed by atoms with Crippen molar-refractivity contribution in [2.75, 3.05) is 5.73 Å². The van der Waals surface area contributed by atoms with Crippen molar-refractivity contribution in [1.29, 1.82) is 0 Å². The number of nitrogens with one attached hydrogen (secondary N) is 1. The van der Waals surface area contributed by atoms with Crippen molar-refractivity contribution in [2.45, 2.75) is 25.7 Å². The van der Waals surface area contributed by atoms with Gasteiger partial charge in [-0.15, -0.1) is 11.3 Å². The molecule has 0 spiro atoms. The number of thiophene rings is 1. The molecule has 5 nitrogen and oxygen atoms in total. The second kappa shape index (κ2) is 4.13. The number of anilines is 1. The van der Waals surface area contributed by atoms with Gasteiger partial charge in [0.25, 0.3) is 5.91 Å². The van der Waals surface area contributed by atoms with Crippen molar-refractivity contribution in [3.8, 4) is 0 Å². The van der Waals surface area contributed by atoms with Gasteiger partial charge in [0.2, 0.25) is 0 Å². The number of nitrogen functional groups attached to an aromatic ring is 1. The first-order chi connectivity index (χ1) is 7.59. The number of rotatable bonds is 1. The number of carbonyl (C=O) groups is 2. The number of carbonyl (C=O) groups excluding carboxylic acids is 2. The van der Waals surface area contributed by atoms with Gasteiger partial charge in [-0.1, -0.05) is 0 Å². The first-order valence-corrected chi connectivity index (χ1v) is 5.92. The lowest BCUT2D eigenvalue weighted by atomic mass is 9.95. The molecule has 0 fully saturated rings.